The smallest absolute Gasteiger partial charge is 0.462 e. The maximum Gasteiger partial charge on any atom is 0.472 e. The Bertz CT molecular complexity index is 1500. The quantitative estimate of drug-likeness (QED) is 0.0197. The molecule has 0 rings (SSSR count). The van der Waals surface area contributed by atoms with E-state index in [1.165, 1.54) is 57.8 Å². The van der Waals surface area contributed by atoms with Gasteiger partial charge in [-0.05, 0) is 96.3 Å². The van der Waals surface area contributed by atoms with Crippen molar-refractivity contribution in [2.75, 3.05) is 26.4 Å². The van der Waals surface area contributed by atoms with Gasteiger partial charge in [0.2, 0.25) is 0 Å². The van der Waals surface area contributed by atoms with E-state index in [1.54, 1.807) is 0 Å². The van der Waals surface area contributed by atoms with Gasteiger partial charge in [0.25, 0.3) is 0 Å². The van der Waals surface area contributed by atoms with E-state index >= 15 is 0 Å². The first-order valence-electron chi connectivity index (χ1n) is 27.5. The van der Waals surface area contributed by atoms with Crippen molar-refractivity contribution in [2.24, 2.45) is 0 Å². The fraction of sp³-hybridized carbons (Fsp3) is 0.707. The number of carbonyl (C=O) groups is 3. The third-order valence-corrected chi connectivity index (χ3v) is 12.3. The number of ether oxygens (including phenoxy) is 3. The van der Waals surface area contributed by atoms with Crippen LogP contribution in [0, 0.1) is 0 Å². The van der Waals surface area contributed by atoms with Crippen molar-refractivity contribution in [3.8, 4) is 0 Å². The summed E-state index contributed by atoms with van der Waals surface area (Å²) in [5.41, 5.74) is 0. The summed E-state index contributed by atoms with van der Waals surface area (Å²) in [7, 11) is -4.76. The van der Waals surface area contributed by atoms with Crippen molar-refractivity contribution in [3.05, 3.63) is 85.1 Å². The van der Waals surface area contributed by atoms with Crippen molar-refractivity contribution < 1.29 is 52.2 Å². The van der Waals surface area contributed by atoms with Gasteiger partial charge >= 0.3 is 25.7 Å². The molecule has 0 saturated heterocycles. The average Bonchev–Trinajstić information content (AvgIpc) is 3.35. The lowest BCUT2D eigenvalue weighted by Crippen LogP contribution is -2.30. The van der Waals surface area contributed by atoms with Gasteiger partial charge in [-0.2, -0.15) is 0 Å². The Morgan fingerprint density at radius 3 is 1.20 bits per heavy atom. The van der Waals surface area contributed by atoms with Crippen LogP contribution in [0.25, 0.3) is 0 Å². The van der Waals surface area contributed by atoms with Gasteiger partial charge in [0.05, 0.1) is 19.8 Å². The normalized spacial score (nSPS) is 14.1. The van der Waals surface area contributed by atoms with E-state index in [-0.39, 0.29) is 25.9 Å². The van der Waals surface area contributed by atoms with Crippen LogP contribution < -0.4 is 0 Å². The van der Waals surface area contributed by atoms with Gasteiger partial charge in [0, 0.05) is 19.3 Å². The number of aliphatic hydroxyl groups is 1. The van der Waals surface area contributed by atoms with E-state index in [9.17, 15) is 28.9 Å². The molecule has 70 heavy (non-hydrogen) atoms. The molecule has 402 valence electrons. The molecule has 0 aliphatic heterocycles. The van der Waals surface area contributed by atoms with E-state index in [1.807, 2.05) is 0 Å². The first-order valence-corrected chi connectivity index (χ1v) is 29.0. The highest BCUT2D eigenvalue weighted by Crippen LogP contribution is 2.43. The molecule has 0 heterocycles. The molecule has 0 aromatic rings. The largest absolute Gasteiger partial charge is 0.472 e. The molecule has 0 aromatic heterocycles. The second kappa shape index (κ2) is 52.0. The minimum atomic E-state index is -4.76. The van der Waals surface area contributed by atoms with Gasteiger partial charge in [-0.25, -0.2) is 4.57 Å². The number of unbranched alkanes of at least 4 members (excludes halogenated alkanes) is 19. The van der Waals surface area contributed by atoms with Crippen LogP contribution in [0.15, 0.2) is 85.1 Å². The number of phosphoric acid groups is 1. The summed E-state index contributed by atoms with van der Waals surface area (Å²) in [5.74, 6) is -1.53. The van der Waals surface area contributed by atoms with Crippen LogP contribution in [-0.4, -0.2) is 66.5 Å². The zero-order valence-electron chi connectivity index (χ0n) is 44.2. The summed E-state index contributed by atoms with van der Waals surface area (Å²) in [6.45, 7) is 4.40. The van der Waals surface area contributed by atoms with E-state index < -0.39 is 57.8 Å². The summed E-state index contributed by atoms with van der Waals surface area (Å²) in [5, 5.41) is 9.76. The molecular formula is C58H99O11P. The molecule has 0 spiro atoms. The van der Waals surface area contributed by atoms with Crippen LogP contribution in [0.3, 0.4) is 0 Å². The van der Waals surface area contributed by atoms with Crippen LogP contribution in [0.5, 0.6) is 0 Å². The van der Waals surface area contributed by atoms with Crippen molar-refractivity contribution in [3.63, 3.8) is 0 Å². The monoisotopic (exact) mass is 1000 g/mol. The molecule has 11 nitrogen and oxygen atoms in total. The summed E-state index contributed by atoms with van der Waals surface area (Å²) in [6, 6.07) is 0. The minimum absolute atomic E-state index is 0.141. The minimum Gasteiger partial charge on any atom is -0.462 e. The van der Waals surface area contributed by atoms with Gasteiger partial charge in [-0.1, -0.05) is 196 Å². The number of phosphoric ester groups is 1. The van der Waals surface area contributed by atoms with Gasteiger partial charge in [0.1, 0.15) is 12.7 Å². The maximum atomic E-state index is 12.9. The second-order valence-corrected chi connectivity index (χ2v) is 19.5. The third kappa shape index (κ3) is 49.6. The van der Waals surface area contributed by atoms with Crippen molar-refractivity contribution in [2.45, 2.75) is 238 Å². The Hall–Kier alpha value is -3.34. The molecule has 2 N–H and O–H groups in total. The molecule has 0 radical (unpaired) electrons. The molecular weight excluding hydrogens is 904 g/mol. The average molecular weight is 1000 g/mol. The van der Waals surface area contributed by atoms with Crippen LogP contribution in [0.4, 0.5) is 0 Å². The molecule has 0 aliphatic rings. The SMILES string of the molecule is CC/C=C\C/C=C\C/C=C\C/C=C\CCCCC(=O)OCC(COP(=O)(O)OCC(CO)OC(=O)CCCCCCCCCCC)OC(=O)CCCCCCCC/C=C\C/C=C\C/C=C\CCCCC. The molecule has 0 bridgehead atoms. The Morgan fingerprint density at radius 1 is 0.414 bits per heavy atom. The molecule has 0 fully saturated rings. The number of aliphatic hydroxyl groups excluding tert-OH is 1. The Morgan fingerprint density at radius 2 is 0.743 bits per heavy atom. The summed E-state index contributed by atoms with van der Waals surface area (Å²) in [4.78, 5) is 48.3. The lowest BCUT2D eigenvalue weighted by atomic mass is 10.1. The van der Waals surface area contributed by atoms with Crippen LogP contribution in [0.2, 0.25) is 0 Å². The lowest BCUT2D eigenvalue weighted by Gasteiger charge is -2.21. The Kier molecular flexibility index (Phi) is 49.5. The van der Waals surface area contributed by atoms with Crippen LogP contribution >= 0.6 is 7.82 Å². The fourth-order valence-electron chi connectivity index (χ4n) is 7.12. The predicted octanol–water partition coefficient (Wildman–Crippen LogP) is 15.9. The number of carbonyl (C=O) groups excluding carboxylic acids is 3. The molecule has 0 saturated carbocycles. The Balaban J connectivity index is 4.82. The number of allylic oxidation sites excluding steroid dienone is 14. The molecule has 0 aliphatic carbocycles. The van der Waals surface area contributed by atoms with E-state index in [0.29, 0.717) is 19.3 Å². The number of hydrogen-bond acceptors (Lipinski definition) is 10. The van der Waals surface area contributed by atoms with Gasteiger partial charge in [-0.3, -0.25) is 23.4 Å². The van der Waals surface area contributed by atoms with Gasteiger partial charge < -0.3 is 24.2 Å². The lowest BCUT2D eigenvalue weighted by molar-refractivity contribution is -0.161. The predicted molar refractivity (Wildman–Crippen MR) is 288 cm³/mol. The topological polar surface area (TPSA) is 155 Å². The van der Waals surface area contributed by atoms with Gasteiger partial charge in [-0.15, -0.1) is 0 Å². The third-order valence-electron chi connectivity index (χ3n) is 11.3. The molecule has 0 amide bonds. The second-order valence-electron chi connectivity index (χ2n) is 18.0. The van der Waals surface area contributed by atoms with Crippen LogP contribution in [0.1, 0.15) is 226 Å². The zero-order valence-corrected chi connectivity index (χ0v) is 45.1. The van der Waals surface area contributed by atoms with Crippen molar-refractivity contribution >= 4 is 25.7 Å². The summed E-state index contributed by atoms with van der Waals surface area (Å²) in [6.07, 6.45) is 58.4. The van der Waals surface area contributed by atoms with Crippen LogP contribution in [-0.2, 0) is 42.2 Å². The first kappa shape index (κ1) is 66.7. The standard InChI is InChI=1S/C58H99O11P/c1-4-7-10-13-16-19-21-23-25-26-27-28-30-32-34-37-40-43-46-49-58(62)69-55(51-65-56(60)47-44-41-38-36-33-31-29-24-22-20-17-14-11-8-5-2)53-67-70(63,64)66-52-54(50-59)68-57(61)48-45-42-39-35-18-15-12-9-6-3/h8,11,16-17,19-20,23-25,27-29,33,36,54-55,59H,4-7,9-10,12-15,18,21-22,26,30-32,34-35,37-53H2,1-3H3,(H,63,64)/b11-8-,19-16-,20-17-,25-23-,28-27-,29-24-,36-33-. The highest BCUT2D eigenvalue weighted by Gasteiger charge is 2.28. The maximum absolute atomic E-state index is 12.9. The van der Waals surface area contributed by atoms with E-state index in [0.717, 1.165) is 109 Å². The fourth-order valence-corrected chi connectivity index (χ4v) is 7.90. The number of rotatable bonds is 50. The van der Waals surface area contributed by atoms with E-state index in [4.69, 9.17) is 23.3 Å². The van der Waals surface area contributed by atoms with Gasteiger partial charge in [0.15, 0.2) is 6.10 Å². The zero-order chi connectivity index (χ0) is 51.3. The summed E-state index contributed by atoms with van der Waals surface area (Å²) < 4.78 is 39.3. The van der Waals surface area contributed by atoms with Crippen molar-refractivity contribution in [1.82, 2.24) is 0 Å². The summed E-state index contributed by atoms with van der Waals surface area (Å²) >= 11 is 0. The first-order chi connectivity index (χ1) is 34.2. The molecule has 3 atom stereocenters. The highest BCUT2D eigenvalue weighted by molar-refractivity contribution is 7.47. The molecule has 12 heteroatoms. The molecule has 3 unspecified atom stereocenters. The number of hydrogen-bond donors (Lipinski definition) is 2. The molecule has 0 aromatic carbocycles. The highest BCUT2D eigenvalue weighted by atomic mass is 31.2. The van der Waals surface area contributed by atoms with E-state index in [2.05, 4.69) is 106 Å². The number of esters is 3. The Labute approximate surface area is 426 Å². The van der Waals surface area contributed by atoms with Crippen molar-refractivity contribution in [1.29, 1.82) is 0 Å².